The van der Waals surface area contributed by atoms with E-state index in [9.17, 15) is 15.0 Å². The van der Waals surface area contributed by atoms with E-state index in [4.69, 9.17) is 25.1 Å². The molecule has 1 aromatic rings. The van der Waals surface area contributed by atoms with E-state index in [-0.39, 0.29) is 17.4 Å². The predicted molar refractivity (Wildman–Crippen MR) is 144 cm³/mol. The van der Waals surface area contributed by atoms with Crippen molar-refractivity contribution in [2.45, 2.75) is 81.4 Å². The zero-order valence-electron chi connectivity index (χ0n) is 23.2. The highest BCUT2D eigenvalue weighted by Gasteiger charge is 2.87. The number of hydrogen-bond acceptors (Lipinski definition) is 7. The van der Waals surface area contributed by atoms with Crippen molar-refractivity contribution in [3.63, 3.8) is 0 Å². The van der Waals surface area contributed by atoms with E-state index in [1.165, 1.54) is 26.4 Å². The fourth-order valence-corrected chi connectivity index (χ4v) is 6.87. The van der Waals surface area contributed by atoms with Crippen molar-refractivity contribution in [2.75, 3.05) is 19.1 Å². The third-order valence-electron chi connectivity index (χ3n) is 8.84. The maximum absolute atomic E-state index is 12.6. The molecular weight excluding hydrogens is 502 g/mol. The second-order valence-corrected chi connectivity index (χ2v) is 16.5. The van der Waals surface area contributed by atoms with Crippen LogP contribution in [0.25, 0.3) is 0 Å². The van der Waals surface area contributed by atoms with E-state index < -0.39 is 43.5 Å². The van der Waals surface area contributed by atoms with Crippen LogP contribution < -0.4 is 14.4 Å². The molecule has 204 valence electrons. The van der Waals surface area contributed by atoms with Crippen molar-refractivity contribution < 1.29 is 33.6 Å². The first-order valence-corrected chi connectivity index (χ1v) is 15.5. The van der Waals surface area contributed by atoms with Crippen LogP contribution in [0.3, 0.4) is 0 Å². The summed E-state index contributed by atoms with van der Waals surface area (Å²) in [5.41, 5.74) is -1.78. The lowest BCUT2D eigenvalue weighted by Gasteiger charge is -2.52. The van der Waals surface area contributed by atoms with Gasteiger partial charge in [0, 0.05) is 26.2 Å². The normalized spacial score (nSPS) is 31.3. The molecule has 3 aliphatic rings. The Morgan fingerprint density at radius 3 is 2.50 bits per heavy atom. The Hall–Kier alpha value is -2.79. The summed E-state index contributed by atoms with van der Waals surface area (Å²) in [4.78, 5) is 13.7. The highest BCUT2D eigenvalue weighted by Crippen LogP contribution is 2.73. The lowest BCUT2D eigenvalue weighted by atomic mass is 9.61. The largest absolute Gasteiger partial charge is 0.543 e. The second-order valence-electron chi connectivity index (χ2n) is 11.7. The van der Waals surface area contributed by atoms with E-state index in [0.717, 1.165) is 4.90 Å². The Morgan fingerprint density at radius 2 is 1.95 bits per heavy atom. The van der Waals surface area contributed by atoms with Gasteiger partial charge in [-0.2, -0.15) is 0 Å². The molecule has 1 N–H and O–H groups in total. The van der Waals surface area contributed by atoms with Crippen LogP contribution in [0.4, 0.5) is 10.5 Å². The molecule has 0 aromatic heterocycles. The second kappa shape index (κ2) is 9.15. The van der Waals surface area contributed by atoms with Gasteiger partial charge >= 0.3 is 0 Å². The number of terminal acetylenes is 1. The van der Waals surface area contributed by atoms with Crippen LogP contribution in [0.15, 0.2) is 30.4 Å². The summed E-state index contributed by atoms with van der Waals surface area (Å²) in [5.74, 6) is 7.10. The number of ether oxygens (including phenoxy) is 3. The predicted octanol–water partition coefficient (Wildman–Crippen LogP) is 3.15. The minimum atomic E-state index is -2.24. The Labute approximate surface area is 226 Å². The minimum Gasteiger partial charge on any atom is -0.543 e. The maximum atomic E-state index is 12.6. The van der Waals surface area contributed by atoms with E-state index in [2.05, 4.69) is 51.6 Å². The van der Waals surface area contributed by atoms with Crippen molar-refractivity contribution >= 4 is 20.1 Å². The number of aliphatic hydroxyl groups excluding tert-OH is 1. The number of carbonyl (C=O) groups is 1. The Balaban J connectivity index is 1.98. The number of fused-ring (bicyclic) bond motifs is 1. The number of anilines is 1. The number of carboxylic acid groups (broad SMARTS) is 1. The van der Waals surface area contributed by atoms with Crippen LogP contribution in [0.5, 0.6) is 5.75 Å². The quantitative estimate of drug-likeness (QED) is 0.272. The number of carbonyl (C=O) groups excluding carboxylic acids is 1. The van der Waals surface area contributed by atoms with Gasteiger partial charge in [0.1, 0.15) is 29.6 Å². The molecule has 0 spiro atoms. The van der Waals surface area contributed by atoms with E-state index in [0.29, 0.717) is 17.0 Å². The zero-order chi connectivity index (χ0) is 28.3. The molecule has 1 aromatic carbocycles. The summed E-state index contributed by atoms with van der Waals surface area (Å²) in [6, 6.07) is 4.19. The molecular formula is C29H36NO7Si-. The van der Waals surface area contributed by atoms with Crippen molar-refractivity contribution in [3.8, 4) is 29.9 Å². The lowest BCUT2D eigenvalue weighted by Crippen LogP contribution is -2.68. The van der Waals surface area contributed by atoms with Gasteiger partial charge in [-0.05, 0) is 54.4 Å². The van der Waals surface area contributed by atoms with Crippen molar-refractivity contribution in [1.29, 1.82) is 0 Å². The zero-order valence-corrected chi connectivity index (χ0v) is 24.2. The molecule has 2 fully saturated rings. The summed E-state index contributed by atoms with van der Waals surface area (Å²) in [5, 5.41) is 24.5. The van der Waals surface area contributed by atoms with Gasteiger partial charge in [-0.1, -0.05) is 45.5 Å². The third kappa shape index (κ3) is 3.72. The van der Waals surface area contributed by atoms with Gasteiger partial charge in [0.15, 0.2) is 11.4 Å². The average Bonchev–Trinajstić information content (AvgIpc) is 3.57. The highest BCUT2D eigenvalue weighted by molar-refractivity contribution is 6.74. The van der Waals surface area contributed by atoms with Crippen molar-refractivity contribution in [3.05, 3.63) is 35.9 Å². The molecule has 4 rings (SSSR count). The monoisotopic (exact) mass is 538 g/mol. The van der Waals surface area contributed by atoms with Crippen LogP contribution in [0.1, 0.15) is 39.7 Å². The van der Waals surface area contributed by atoms with Gasteiger partial charge in [0.25, 0.3) is 0 Å². The number of aliphatic hydroxyl groups is 1. The van der Waals surface area contributed by atoms with E-state index in [1.807, 2.05) is 6.92 Å². The average molecular weight is 539 g/mol. The van der Waals surface area contributed by atoms with Gasteiger partial charge in [-0.25, -0.2) is 0 Å². The Morgan fingerprint density at radius 1 is 1.29 bits per heavy atom. The first-order chi connectivity index (χ1) is 17.7. The number of benzene rings is 1. The molecule has 38 heavy (non-hydrogen) atoms. The first-order valence-electron chi connectivity index (χ1n) is 12.6. The van der Waals surface area contributed by atoms with Gasteiger partial charge < -0.3 is 38.5 Å². The fraction of sp³-hybridized carbons (Fsp3) is 0.552. The molecule has 1 amide bonds. The molecule has 5 unspecified atom stereocenters. The van der Waals surface area contributed by atoms with Crippen LogP contribution in [-0.2, 0) is 19.8 Å². The molecule has 5 atom stereocenters. The van der Waals surface area contributed by atoms with E-state index in [1.54, 1.807) is 18.2 Å². The molecule has 0 bridgehead atoms. The molecule has 8 nitrogen and oxygen atoms in total. The molecule has 0 radical (unpaired) electrons. The molecule has 2 heterocycles. The number of allylic oxidation sites excluding steroid dienone is 2. The first kappa shape index (κ1) is 28.2. The smallest absolute Gasteiger partial charge is 0.250 e. The van der Waals surface area contributed by atoms with Crippen LogP contribution >= 0.6 is 0 Å². The topological polar surface area (TPSA) is 104 Å². The number of rotatable bonds is 4. The van der Waals surface area contributed by atoms with Crippen LogP contribution in [0, 0.1) is 30.1 Å². The number of hydrogen-bond donors (Lipinski definition) is 1. The van der Waals surface area contributed by atoms with Crippen molar-refractivity contribution in [2.24, 2.45) is 5.92 Å². The lowest BCUT2D eigenvalue weighted by molar-refractivity contribution is -0.290. The molecule has 1 aliphatic carbocycles. The van der Waals surface area contributed by atoms with Gasteiger partial charge in [0.05, 0.1) is 5.69 Å². The molecule has 1 saturated heterocycles. The summed E-state index contributed by atoms with van der Waals surface area (Å²) >= 11 is 0. The van der Waals surface area contributed by atoms with E-state index >= 15 is 0 Å². The number of nitrogens with zero attached hydrogens (tertiary/aromatic N) is 1. The number of epoxide rings is 1. The summed E-state index contributed by atoms with van der Waals surface area (Å²) in [7, 11) is 0.709. The van der Waals surface area contributed by atoms with Gasteiger partial charge in [0.2, 0.25) is 8.32 Å². The summed E-state index contributed by atoms with van der Waals surface area (Å²) in [6.07, 6.45) is 5.72. The summed E-state index contributed by atoms with van der Waals surface area (Å²) < 4.78 is 24.6. The fourth-order valence-electron chi connectivity index (χ4n) is 5.85. The van der Waals surface area contributed by atoms with Gasteiger partial charge in [-0.3, -0.25) is 0 Å². The molecule has 9 heteroatoms. The maximum Gasteiger partial charge on any atom is 0.250 e. The molecule has 1 saturated carbocycles. The number of amides is 1. The standard InChI is InChI=1S/C29H37NO7Si/c1-10-11-12-13-14-23-28-19(2)18-27(34-6,35-7)24(31)29(28,37-28)21-17-20(36-38(8,9)26(3,4)5)15-16-22(21)30(23)25(32)33/h1,11-12,15-17,19,23-24,31H,18H2,2-9H3,(H,32,33)/p-1/b12-11-. The third-order valence-corrected chi connectivity index (χ3v) is 13.2. The Kier molecular flexibility index (Phi) is 6.80. The number of methoxy groups -OCH3 is 2. The minimum absolute atomic E-state index is 0.0647. The van der Waals surface area contributed by atoms with Gasteiger partial charge in [-0.15, -0.1) is 6.42 Å². The van der Waals surface area contributed by atoms with Crippen molar-refractivity contribution in [1.82, 2.24) is 0 Å². The summed E-state index contributed by atoms with van der Waals surface area (Å²) in [6.45, 7) is 12.6. The van der Waals surface area contributed by atoms with Crippen LogP contribution in [0.2, 0.25) is 18.1 Å². The molecule has 2 aliphatic heterocycles. The Bertz CT molecular complexity index is 1260. The van der Waals surface area contributed by atoms with Crippen LogP contribution in [-0.4, -0.2) is 57.3 Å². The SMILES string of the molecule is C#C/C=C\C#CC1N(C(=O)[O-])c2ccc(O[Si](C)(C)C(C)(C)C)cc2C23OC12C(C)CC(OC)(OC)C3O. The highest BCUT2D eigenvalue weighted by atomic mass is 28.4.